The molecule has 0 spiro atoms. The van der Waals surface area contributed by atoms with E-state index in [0.29, 0.717) is 35.9 Å². The topological polar surface area (TPSA) is 72.9 Å². The monoisotopic (exact) mass is 503 g/mol. The van der Waals surface area contributed by atoms with Gasteiger partial charge in [0.25, 0.3) is 5.91 Å². The van der Waals surface area contributed by atoms with Crippen molar-refractivity contribution in [3.63, 3.8) is 0 Å². The number of pyridine rings is 1. The van der Waals surface area contributed by atoms with Gasteiger partial charge in [-0.15, -0.1) is 0 Å². The first-order valence-electron chi connectivity index (χ1n) is 13.4. The highest BCUT2D eigenvalue weighted by Gasteiger charge is 2.30. The first kappa shape index (κ1) is 25.5. The van der Waals surface area contributed by atoms with E-state index in [9.17, 15) is 4.79 Å². The molecule has 7 nitrogen and oxygen atoms in total. The molecule has 1 fully saturated rings. The van der Waals surface area contributed by atoms with Crippen LogP contribution in [-0.2, 0) is 17.6 Å². The van der Waals surface area contributed by atoms with Crippen molar-refractivity contribution < 1.29 is 19.0 Å². The standard InChI is InChI=1S/C30H37N3O4/c1-20(2)33(23-10-7-13-31-19-23)30(34)26-18-28(36-15-14-35-3)25-11-6-12-27(29(25)32-26)37-24-16-21-8-4-5-9-22(21)17-24/h4-6,8-9,11-12,18,20,23-24,31H,7,10,13-17,19H2,1-3H3. The fraction of sp³-hybridized carbons (Fsp3) is 0.467. The van der Waals surface area contributed by atoms with Gasteiger partial charge in [0.15, 0.2) is 0 Å². The third-order valence-corrected chi connectivity index (χ3v) is 7.29. The molecule has 1 N–H and O–H groups in total. The highest BCUT2D eigenvalue weighted by atomic mass is 16.5. The van der Waals surface area contributed by atoms with E-state index in [2.05, 4.69) is 43.4 Å². The smallest absolute Gasteiger partial charge is 0.273 e. The molecule has 0 bridgehead atoms. The number of hydrogen-bond acceptors (Lipinski definition) is 6. The van der Waals surface area contributed by atoms with E-state index in [1.165, 1.54) is 11.1 Å². The van der Waals surface area contributed by atoms with Crippen molar-refractivity contribution in [2.75, 3.05) is 33.4 Å². The maximum atomic E-state index is 13.9. The predicted octanol–water partition coefficient (Wildman–Crippen LogP) is 4.41. The minimum atomic E-state index is -0.0785. The van der Waals surface area contributed by atoms with Crippen molar-refractivity contribution in [1.29, 1.82) is 0 Å². The molecule has 1 saturated heterocycles. The van der Waals surface area contributed by atoms with Crippen molar-refractivity contribution >= 4 is 16.8 Å². The predicted molar refractivity (Wildman–Crippen MR) is 145 cm³/mol. The number of methoxy groups -OCH3 is 1. The van der Waals surface area contributed by atoms with Crippen LogP contribution in [0.25, 0.3) is 10.9 Å². The van der Waals surface area contributed by atoms with Gasteiger partial charge in [-0.25, -0.2) is 4.98 Å². The van der Waals surface area contributed by atoms with Gasteiger partial charge >= 0.3 is 0 Å². The molecule has 37 heavy (non-hydrogen) atoms. The fourth-order valence-corrected chi connectivity index (χ4v) is 5.56. The van der Waals surface area contributed by atoms with Gasteiger partial charge in [-0.05, 0) is 56.5 Å². The normalized spacial score (nSPS) is 17.7. The number of aromatic nitrogens is 1. The molecular formula is C30H37N3O4. The van der Waals surface area contributed by atoms with Crippen LogP contribution in [0.2, 0.25) is 0 Å². The summed E-state index contributed by atoms with van der Waals surface area (Å²) in [4.78, 5) is 20.8. The molecule has 1 amide bonds. The Hall–Kier alpha value is -3.16. The van der Waals surface area contributed by atoms with Gasteiger partial charge in [0, 0.05) is 50.0 Å². The molecule has 2 heterocycles. The van der Waals surface area contributed by atoms with E-state index in [0.717, 1.165) is 44.2 Å². The Kier molecular flexibility index (Phi) is 7.91. The average molecular weight is 504 g/mol. The summed E-state index contributed by atoms with van der Waals surface area (Å²) >= 11 is 0. The van der Waals surface area contributed by atoms with Crippen LogP contribution in [0.4, 0.5) is 0 Å². The summed E-state index contributed by atoms with van der Waals surface area (Å²) in [6.07, 6.45) is 3.79. The second kappa shape index (κ2) is 11.5. The van der Waals surface area contributed by atoms with Crippen molar-refractivity contribution in [2.45, 2.75) is 57.7 Å². The van der Waals surface area contributed by atoms with Crippen molar-refractivity contribution in [3.05, 3.63) is 65.4 Å². The summed E-state index contributed by atoms with van der Waals surface area (Å²) in [7, 11) is 1.65. The molecule has 0 saturated carbocycles. The lowest BCUT2D eigenvalue weighted by atomic mass is 10.0. The van der Waals surface area contributed by atoms with Gasteiger partial charge < -0.3 is 24.4 Å². The SMILES string of the molecule is COCCOc1cc(C(=O)N(C(C)C)C2CCCNC2)nc2c(OC3Cc4ccccc4C3)cccc12. The van der Waals surface area contributed by atoms with Crippen LogP contribution in [0.5, 0.6) is 11.5 Å². The van der Waals surface area contributed by atoms with Gasteiger partial charge in [0.1, 0.15) is 35.4 Å². The second-order valence-corrected chi connectivity index (χ2v) is 10.2. The minimum absolute atomic E-state index is 0.0301. The quantitative estimate of drug-likeness (QED) is 0.436. The van der Waals surface area contributed by atoms with Crippen LogP contribution >= 0.6 is 0 Å². The van der Waals surface area contributed by atoms with E-state index in [1.807, 2.05) is 23.1 Å². The van der Waals surface area contributed by atoms with E-state index in [4.69, 9.17) is 19.2 Å². The maximum Gasteiger partial charge on any atom is 0.273 e. The number of benzene rings is 2. The van der Waals surface area contributed by atoms with Crippen molar-refractivity contribution in [1.82, 2.24) is 15.2 Å². The van der Waals surface area contributed by atoms with E-state index in [1.54, 1.807) is 13.2 Å². The number of rotatable bonds is 9. The third-order valence-electron chi connectivity index (χ3n) is 7.29. The van der Waals surface area contributed by atoms with Crippen LogP contribution in [-0.4, -0.2) is 67.4 Å². The van der Waals surface area contributed by atoms with Crippen LogP contribution in [0.1, 0.15) is 48.3 Å². The number of carbonyl (C=O) groups excluding carboxylic acids is 1. The zero-order valence-electron chi connectivity index (χ0n) is 22.0. The summed E-state index contributed by atoms with van der Waals surface area (Å²) in [5, 5.41) is 4.27. The number of fused-ring (bicyclic) bond motifs is 2. The lowest BCUT2D eigenvalue weighted by Gasteiger charge is -2.37. The van der Waals surface area contributed by atoms with E-state index >= 15 is 0 Å². The molecule has 1 aliphatic heterocycles. The molecule has 5 rings (SSSR count). The largest absolute Gasteiger partial charge is 0.490 e. The maximum absolute atomic E-state index is 13.9. The van der Waals surface area contributed by atoms with Gasteiger partial charge in [0.05, 0.1) is 6.61 Å². The van der Waals surface area contributed by atoms with E-state index < -0.39 is 0 Å². The number of ether oxygens (including phenoxy) is 3. The first-order valence-corrected chi connectivity index (χ1v) is 13.4. The number of amides is 1. The number of carbonyl (C=O) groups is 1. The molecule has 1 aromatic heterocycles. The Morgan fingerprint density at radius 3 is 2.54 bits per heavy atom. The summed E-state index contributed by atoms with van der Waals surface area (Å²) in [6, 6.07) is 16.3. The van der Waals surface area contributed by atoms with Crippen LogP contribution in [0, 0.1) is 0 Å². The number of nitrogens with one attached hydrogen (secondary N) is 1. The summed E-state index contributed by atoms with van der Waals surface area (Å²) in [6.45, 7) is 6.76. The van der Waals surface area contributed by atoms with Gasteiger partial charge in [0.2, 0.25) is 0 Å². The average Bonchev–Trinajstić information content (AvgIpc) is 3.32. The van der Waals surface area contributed by atoms with Gasteiger partial charge in [-0.2, -0.15) is 0 Å². The molecule has 1 unspecified atom stereocenters. The number of hydrogen-bond donors (Lipinski definition) is 1. The highest BCUT2D eigenvalue weighted by Crippen LogP contribution is 2.35. The van der Waals surface area contributed by atoms with Crippen LogP contribution in [0.15, 0.2) is 48.5 Å². The first-order chi connectivity index (χ1) is 18.0. The molecule has 1 atom stereocenters. The Morgan fingerprint density at radius 2 is 1.86 bits per heavy atom. The molecule has 1 aliphatic carbocycles. The molecule has 0 radical (unpaired) electrons. The Morgan fingerprint density at radius 1 is 1.08 bits per heavy atom. The minimum Gasteiger partial charge on any atom is -0.490 e. The summed E-state index contributed by atoms with van der Waals surface area (Å²) in [5.41, 5.74) is 3.69. The molecule has 196 valence electrons. The molecule has 2 aliphatic rings. The second-order valence-electron chi connectivity index (χ2n) is 10.2. The van der Waals surface area contributed by atoms with Gasteiger partial charge in [-0.1, -0.05) is 30.3 Å². The fourth-order valence-electron chi connectivity index (χ4n) is 5.56. The zero-order chi connectivity index (χ0) is 25.8. The molecular weight excluding hydrogens is 466 g/mol. The zero-order valence-corrected chi connectivity index (χ0v) is 22.0. The summed E-state index contributed by atoms with van der Waals surface area (Å²) < 4.78 is 17.8. The van der Waals surface area contributed by atoms with Crippen molar-refractivity contribution in [3.8, 4) is 11.5 Å². The number of piperidine rings is 1. The summed E-state index contributed by atoms with van der Waals surface area (Å²) in [5.74, 6) is 1.22. The highest BCUT2D eigenvalue weighted by molar-refractivity contribution is 5.98. The van der Waals surface area contributed by atoms with Crippen LogP contribution < -0.4 is 14.8 Å². The lowest BCUT2D eigenvalue weighted by molar-refractivity contribution is 0.0567. The van der Waals surface area contributed by atoms with E-state index in [-0.39, 0.29) is 24.1 Å². The Balaban J connectivity index is 1.50. The number of nitrogens with zero attached hydrogens (tertiary/aromatic N) is 2. The van der Waals surface area contributed by atoms with Crippen LogP contribution in [0.3, 0.4) is 0 Å². The molecule has 7 heteroatoms. The number of para-hydroxylation sites is 1. The van der Waals surface area contributed by atoms with Gasteiger partial charge in [-0.3, -0.25) is 4.79 Å². The third kappa shape index (κ3) is 5.58. The Bertz CT molecular complexity index is 1210. The van der Waals surface area contributed by atoms with Crippen molar-refractivity contribution in [2.24, 2.45) is 0 Å². The lowest BCUT2D eigenvalue weighted by Crippen LogP contribution is -2.51. The molecule has 2 aromatic carbocycles. The Labute approximate surface area is 219 Å². The molecule has 3 aromatic rings.